The average Bonchev–Trinajstić information content (AvgIpc) is 3.06. The number of hydrogen-bond donors (Lipinski definition) is 1. The highest BCUT2D eigenvalue weighted by molar-refractivity contribution is 7.92. The summed E-state index contributed by atoms with van der Waals surface area (Å²) in [5.74, 6) is 0.861. The lowest BCUT2D eigenvalue weighted by Gasteiger charge is -2.21. The molecule has 106 valence electrons. The SMILES string of the molecule is CCCNC(CS(=O)(=O)C1CCOC1C)C1CC1. The Balaban J connectivity index is 1.96. The quantitative estimate of drug-likeness (QED) is 0.762. The summed E-state index contributed by atoms with van der Waals surface area (Å²) < 4.78 is 30.2. The lowest BCUT2D eigenvalue weighted by Crippen LogP contribution is -2.42. The maximum absolute atomic E-state index is 12.4. The smallest absolute Gasteiger partial charge is 0.157 e. The fourth-order valence-electron chi connectivity index (χ4n) is 2.75. The van der Waals surface area contributed by atoms with Gasteiger partial charge in [-0.15, -0.1) is 0 Å². The number of nitrogens with one attached hydrogen (secondary N) is 1. The molecule has 1 heterocycles. The Bertz CT molecular complexity index is 364. The highest BCUT2D eigenvalue weighted by Crippen LogP contribution is 2.34. The maximum Gasteiger partial charge on any atom is 0.157 e. The standard InChI is InChI=1S/C13H25NO3S/c1-3-7-14-12(11-4-5-11)9-18(15,16)13-6-8-17-10(13)2/h10-14H,3-9H2,1-2H3. The van der Waals surface area contributed by atoms with Crippen molar-refractivity contribution in [1.82, 2.24) is 5.32 Å². The predicted molar refractivity (Wildman–Crippen MR) is 72.4 cm³/mol. The van der Waals surface area contributed by atoms with Gasteiger partial charge in [-0.1, -0.05) is 6.92 Å². The average molecular weight is 275 g/mol. The second kappa shape index (κ2) is 5.88. The Kier molecular flexibility index (Phi) is 4.67. The molecule has 1 saturated carbocycles. The lowest BCUT2D eigenvalue weighted by molar-refractivity contribution is 0.126. The van der Waals surface area contributed by atoms with Crippen LogP contribution in [0.5, 0.6) is 0 Å². The molecule has 0 aromatic heterocycles. The lowest BCUT2D eigenvalue weighted by atomic mass is 10.2. The predicted octanol–water partition coefficient (Wildman–Crippen LogP) is 1.36. The molecular weight excluding hydrogens is 250 g/mol. The van der Waals surface area contributed by atoms with Crippen molar-refractivity contribution in [2.24, 2.45) is 5.92 Å². The van der Waals surface area contributed by atoms with Crippen LogP contribution in [0, 0.1) is 5.92 Å². The molecule has 0 bridgehead atoms. The first-order valence-electron chi connectivity index (χ1n) is 7.11. The van der Waals surface area contributed by atoms with Crippen LogP contribution < -0.4 is 5.32 Å². The van der Waals surface area contributed by atoms with Crippen molar-refractivity contribution in [2.45, 2.75) is 56.9 Å². The van der Waals surface area contributed by atoms with E-state index < -0.39 is 9.84 Å². The summed E-state index contributed by atoms with van der Waals surface area (Å²) in [4.78, 5) is 0. The number of sulfone groups is 1. The van der Waals surface area contributed by atoms with Crippen molar-refractivity contribution in [2.75, 3.05) is 18.9 Å². The number of rotatable bonds is 7. The monoisotopic (exact) mass is 275 g/mol. The molecule has 1 saturated heterocycles. The molecule has 0 amide bonds. The third kappa shape index (κ3) is 3.45. The summed E-state index contributed by atoms with van der Waals surface area (Å²) in [7, 11) is -3.03. The van der Waals surface area contributed by atoms with Crippen LogP contribution in [0.3, 0.4) is 0 Å². The van der Waals surface area contributed by atoms with E-state index >= 15 is 0 Å². The van der Waals surface area contributed by atoms with Gasteiger partial charge in [-0.25, -0.2) is 8.42 Å². The topological polar surface area (TPSA) is 55.4 Å². The first-order valence-corrected chi connectivity index (χ1v) is 8.82. The highest BCUT2D eigenvalue weighted by atomic mass is 32.2. The molecular formula is C13H25NO3S. The molecule has 2 fully saturated rings. The molecule has 0 radical (unpaired) electrons. The van der Waals surface area contributed by atoms with Crippen LogP contribution in [-0.2, 0) is 14.6 Å². The molecule has 0 spiro atoms. The zero-order valence-corrected chi connectivity index (χ0v) is 12.2. The van der Waals surface area contributed by atoms with Gasteiger partial charge in [0.25, 0.3) is 0 Å². The van der Waals surface area contributed by atoms with Crippen molar-refractivity contribution in [3.63, 3.8) is 0 Å². The van der Waals surface area contributed by atoms with Crippen LogP contribution in [0.1, 0.15) is 39.5 Å². The van der Waals surface area contributed by atoms with E-state index in [1.807, 2.05) is 6.92 Å². The Labute approximate surface area is 110 Å². The number of ether oxygens (including phenoxy) is 1. The van der Waals surface area contributed by atoms with Crippen LogP contribution >= 0.6 is 0 Å². The summed E-state index contributed by atoms with van der Waals surface area (Å²) in [5, 5.41) is 3.12. The molecule has 2 rings (SSSR count). The second-order valence-corrected chi connectivity index (χ2v) is 7.90. The van der Waals surface area contributed by atoms with Gasteiger partial charge in [-0.2, -0.15) is 0 Å². The zero-order valence-electron chi connectivity index (χ0n) is 11.4. The van der Waals surface area contributed by atoms with Gasteiger partial charge in [0.2, 0.25) is 0 Å². The fraction of sp³-hybridized carbons (Fsp3) is 1.00. The van der Waals surface area contributed by atoms with E-state index in [1.165, 1.54) is 12.8 Å². The van der Waals surface area contributed by atoms with Gasteiger partial charge in [0, 0.05) is 12.6 Å². The van der Waals surface area contributed by atoms with Gasteiger partial charge in [0.15, 0.2) is 9.84 Å². The zero-order chi connectivity index (χ0) is 13.2. The fourth-order valence-corrected chi connectivity index (χ4v) is 5.00. The molecule has 3 unspecified atom stereocenters. The van der Waals surface area contributed by atoms with E-state index in [-0.39, 0.29) is 23.1 Å². The minimum Gasteiger partial charge on any atom is -0.377 e. The molecule has 2 aliphatic rings. The Hall–Kier alpha value is -0.130. The summed E-state index contributed by atoms with van der Waals surface area (Å²) in [5.41, 5.74) is 0. The first-order chi connectivity index (χ1) is 8.54. The molecule has 4 nitrogen and oxygen atoms in total. The maximum atomic E-state index is 12.4. The minimum absolute atomic E-state index is 0.138. The highest BCUT2D eigenvalue weighted by Gasteiger charge is 2.40. The minimum atomic E-state index is -3.03. The van der Waals surface area contributed by atoms with Crippen molar-refractivity contribution in [3.8, 4) is 0 Å². The molecule has 18 heavy (non-hydrogen) atoms. The Morgan fingerprint density at radius 3 is 2.56 bits per heavy atom. The van der Waals surface area contributed by atoms with E-state index in [4.69, 9.17) is 4.74 Å². The van der Waals surface area contributed by atoms with Crippen molar-refractivity contribution < 1.29 is 13.2 Å². The van der Waals surface area contributed by atoms with Crippen LogP contribution in [0.2, 0.25) is 0 Å². The molecule has 0 aromatic rings. The van der Waals surface area contributed by atoms with E-state index in [0.29, 0.717) is 18.9 Å². The van der Waals surface area contributed by atoms with E-state index in [2.05, 4.69) is 12.2 Å². The van der Waals surface area contributed by atoms with Crippen LogP contribution in [0.15, 0.2) is 0 Å². The molecule has 0 aromatic carbocycles. The molecule has 1 aliphatic heterocycles. The van der Waals surface area contributed by atoms with Gasteiger partial charge in [-0.05, 0) is 45.1 Å². The Morgan fingerprint density at radius 1 is 1.33 bits per heavy atom. The van der Waals surface area contributed by atoms with E-state index in [0.717, 1.165) is 13.0 Å². The molecule has 5 heteroatoms. The largest absolute Gasteiger partial charge is 0.377 e. The third-order valence-electron chi connectivity index (χ3n) is 4.03. The summed E-state index contributed by atoms with van der Waals surface area (Å²) >= 11 is 0. The van der Waals surface area contributed by atoms with Crippen LogP contribution in [-0.4, -0.2) is 44.7 Å². The second-order valence-electron chi connectivity index (χ2n) is 5.63. The number of hydrogen-bond acceptors (Lipinski definition) is 4. The van der Waals surface area contributed by atoms with Crippen LogP contribution in [0.4, 0.5) is 0 Å². The van der Waals surface area contributed by atoms with Gasteiger partial charge < -0.3 is 10.1 Å². The molecule has 1 aliphatic carbocycles. The third-order valence-corrected chi connectivity index (χ3v) is 6.39. The van der Waals surface area contributed by atoms with Gasteiger partial charge in [0.05, 0.1) is 17.1 Å². The summed E-state index contributed by atoms with van der Waals surface area (Å²) in [6.45, 7) is 5.48. The summed E-state index contributed by atoms with van der Waals surface area (Å²) in [6.07, 6.45) is 3.92. The normalized spacial score (nSPS) is 30.6. The van der Waals surface area contributed by atoms with Crippen molar-refractivity contribution in [1.29, 1.82) is 0 Å². The molecule has 1 N–H and O–H groups in total. The van der Waals surface area contributed by atoms with Crippen molar-refractivity contribution in [3.05, 3.63) is 0 Å². The molecule has 3 atom stereocenters. The van der Waals surface area contributed by atoms with Crippen LogP contribution in [0.25, 0.3) is 0 Å². The summed E-state index contributed by atoms with van der Waals surface area (Å²) in [6, 6.07) is 0.155. The van der Waals surface area contributed by atoms with E-state index in [9.17, 15) is 8.42 Å². The van der Waals surface area contributed by atoms with Crippen molar-refractivity contribution >= 4 is 9.84 Å². The van der Waals surface area contributed by atoms with Gasteiger partial charge in [-0.3, -0.25) is 0 Å². The van der Waals surface area contributed by atoms with Gasteiger partial charge >= 0.3 is 0 Å². The Morgan fingerprint density at radius 2 is 2.06 bits per heavy atom. The van der Waals surface area contributed by atoms with E-state index in [1.54, 1.807) is 0 Å². The van der Waals surface area contributed by atoms with Gasteiger partial charge in [0.1, 0.15) is 0 Å². The first kappa shape index (κ1) is 14.3.